The Morgan fingerprint density at radius 2 is 0.851 bits per heavy atom. The number of unbranched alkanes of at least 4 members (excludes halogenated alkanes) is 37. The summed E-state index contributed by atoms with van der Waals surface area (Å²) in [6, 6.07) is -0.756. The van der Waals surface area contributed by atoms with Crippen molar-refractivity contribution in [3.8, 4) is 0 Å². The Kier molecular flexibility index (Phi) is 49.2. The number of phosphoric ester groups is 1. The molecule has 0 aliphatic rings. The van der Waals surface area contributed by atoms with Crippen LogP contribution in [0.1, 0.15) is 290 Å². The Hall–Kier alpha value is -1.02. The van der Waals surface area contributed by atoms with E-state index in [2.05, 4.69) is 43.5 Å². The van der Waals surface area contributed by atoms with Gasteiger partial charge in [0.05, 0.1) is 39.9 Å². The van der Waals surface area contributed by atoms with Crippen LogP contribution in [0, 0.1) is 0 Å². The first kappa shape index (κ1) is 66.0. The number of quaternary nitrogens is 1. The number of rotatable bonds is 54. The zero-order chi connectivity index (χ0) is 49.2. The predicted octanol–water partition coefficient (Wildman–Crippen LogP) is 17.6. The highest BCUT2D eigenvalue weighted by atomic mass is 31.2. The van der Waals surface area contributed by atoms with Gasteiger partial charge < -0.3 is 19.8 Å². The van der Waals surface area contributed by atoms with Gasteiger partial charge in [-0.1, -0.05) is 263 Å². The van der Waals surface area contributed by atoms with Crippen LogP contribution in [0.2, 0.25) is 0 Å². The molecule has 0 aliphatic heterocycles. The summed E-state index contributed by atoms with van der Waals surface area (Å²) in [5.74, 6) is -0.142. The van der Waals surface area contributed by atoms with E-state index < -0.39 is 20.0 Å². The molecule has 3 unspecified atom stereocenters. The van der Waals surface area contributed by atoms with E-state index in [0.717, 1.165) is 44.9 Å². The summed E-state index contributed by atoms with van der Waals surface area (Å²) in [7, 11) is 1.62. The van der Waals surface area contributed by atoms with E-state index in [-0.39, 0.29) is 19.1 Å². The lowest BCUT2D eigenvalue weighted by Crippen LogP contribution is -2.46. The number of phosphoric acid groups is 1. The van der Waals surface area contributed by atoms with Gasteiger partial charge in [-0.3, -0.25) is 13.8 Å². The number of nitrogens with one attached hydrogen (secondary N) is 1. The number of allylic oxidation sites excluding steroid dienone is 4. The van der Waals surface area contributed by atoms with Gasteiger partial charge in [-0.25, -0.2) is 4.57 Å². The molecule has 0 spiro atoms. The standard InChI is InChI=1S/C58H115N2O6P/c1-6-8-10-12-14-16-18-19-20-21-22-23-24-25-26-27-28-29-30-31-32-33-34-35-36-37-38-39-40-41-42-44-46-48-50-52-58(62)59-56(55-66-67(63,64)65-54-53-60(3,4)5)57(61)51-49-47-45-43-17-15-13-11-9-7-2/h24-25,27-28,56-57,61H,6-23,26,29-55H2,1-5H3,(H-,59,62,63,64)/p+1/b25-24-,28-27-. The topological polar surface area (TPSA) is 105 Å². The molecule has 0 aliphatic carbocycles. The van der Waals surface area contributed by atoms with Gasteiger partial charge in [-0.05, 0) is 44.9 Å². The number of aliphatic hydroxyl groups excluding tert-OH is 1. The first-order chi connectivity index (χ1) is 32.5. The van der Waals surface area contributed by atoms with Crippen molar-refractivity contribution in [3.63, 3.8) is 0 Å². The second-order valence-corrected chi connectivity index (χ2v) is 22.8. The maximum atomic E-state index is 12.9. The predicted molar refractivity (Wildman–Crippen MR) is 291 cm³/mol. The van der Waals surface area contributed by atoms with Gasteiger partial charge in [0, 0.05) is 6.42 Å². The molecule has 0 aromatic heterocycles. The quantitative estimate of drug-likeness (QED) is 0.0243. The van der Waals surface area contributed by atoms with Crippen molar-refractivity contribution < 1.29 is 32.9 Å². The molecule has 0 aromatic rings. The molecule has 3 N–H and O–H groups in total. The Bertz CT molecular complexity index is 1140. The molecule has 67 heavy (non-hydrogen) atoms. The molecule has 0 saturated carbocycles. The lowest BCUT2D eigenvalue weighted by atomic mass is 10.0. The molecule has 0 fully saturated rings. The summed E-state index contributed by atoms with van der Waals surface area (Å²) in [5, 5.41) is 14.0. The number of likely N-dealkylation sites (N-methyl/N-ethyl adjacent to an activating group) is 1. The van der Waals surface area contributed by atoms with E-state index in [1.54, 1.807) is 0 Å². The number of aliphatic hydroxyl groups is 1. The van der Waals surface area contributed by atoms with Gasteiger partial charge in [-0.15, -0.1) is 0 Å². The van der Waals surface area contributed by atoms with Crippen LogP contribution in [0.3, 0.4) is 0 Å². The molecule has 3 atom stereocenters. The minimum Gasteiger partial charge on any atom is -0.391 e. The highest BCUT2D eigenvalue weighted by Crippen LogP contribution is 2.43. The van der Waals surface area contributed by atoms with Gasteiger partial charge in [0.2, 0.25) is 5.91 Å². The maximum Gasteiger partial charge on any atom is 0.472 e. The third-order valence-corrected chi connectivity index (χ3v) is 14.4. The summed E-state index contributed by atoms with van der Waals surface area (Å²) >= 11 is 0. The van der Waals surface area contributed by atoms with E-state index in [0.29, 0.717) is 23.9 Å². The largest absolute Gasteiger partial charge is 0.472 e. The van der Waals surface area contributed by atoms with Crippen molar-refractivity contribution in [2.75, 3.05) is 40.9 Å². The van der Waals surface area contributed by atoms with Crippen LogP contribution in [0.5, 0.6) is 0 Å². The van der Waals surface area contributed by atoms with Crippen LogP contribution in [0.25, 0.3) is 0 Å². The van der Waals surface area contributed by atoms with Gasteiger partial charge in [-0.2, -0.15) is 0 Å². The third-order valence-electron chi connectivity index (χ3n) is 13.5. The van der Waals surface area contributed by atoms with Crippen LogP contribution < -0.4 is 5.32 Å². The molecule has 9 heteroatoms. The fourth-order valence-electron chi connectivity index (χ4n) is 8.84. The third kappa shape index (κ3) is 52.6. The number of hydrogen-bond acceptors (Lipinski definition) is 5. The van der Waals surface area contributed by atoms with E-state index in [1.807, 2.05) is 21.1 Å². The van der Waals surface area contributed by atoms with E-state index in [1.165, 1.54) is 218 Å². The molecule has 0 aromatic carbocycles. The normalized spacial score (nSPS) is 14.1. The number of carbonyl (C=O) groups is 1. The Morgan fingerprint density at radius 3 is 1.22 bits per heavy atom. The summed E-state index contributed by atoms with van der Waals surface area (Å²) in [4.78, 5) is 23.2. The molecule has 0 rings (SSSR count). The van der Waals surface area contributed by atoms with Gasteiger partial charge in [0.15, 0.2) is 0 Å². The fraction of sp³-hybridized carbons (Fsp3) is 0.914. The first-order valence-electron chi connectivity index (χ1n) is 29.2. The fourth-order valence-corrected chi connectivity index (χ4v) is 9.58. The van der Waals surface area contributed by atoms with Crippen LogP contribution in [-0.2, 0) is 18.4 Å². The lowest BCUT2D eigenvalue weighted by Gasteiger charge is -2.26. The van der Waals surface area contributed by atoms with Crippen LogP contribution in [0.15, 0.2) is 24.3 Å². The smallest absolute Gasteiger partial charge is 0.391 e. The van der Waals surface area contributed by atoms with Crippen molar-refractivity contribution in [2.24, 2.45) is 0 Å². The second kappa shape index (κ2) is 49.9. The average molecular weight is 969 g/mol. The Balaban J connectivity index is 3.88. The first-order valence-corrected chi connectivity index (χ1v) is 30.7. The highest BCUT2D eigenvalue weighted by molar-refractivity contribution is 7.47. The highest BCUT2D eigenvalue weighted by Gasteiger charge is 2.28. The number of nitrogens with zero attached hydrogens (tertiary/aromatic N) is 1. The zero-order valence-corrected chi connectivity index (χ0v) is 46.3. The number of hydrogen-bond donors (Lipinski definition) is 3. The zero-order valence-electron chi connectivity index (χ0n) is 45.4. The van der Waals surface area contributed by atoms with E-state index in [4.69, 9.17) is 9.05 Å². The minimum atomic E-state index is -4.31. The molecule has 398 valence electrons. The van der Waals surface area contributed by atoms with Crippen molar-refractivity contribution in [2.45, 2.75) is 302 Å². The summed E-state index contributed by atoms with van der Waals surface area (Å²) < 4.78 is 23.7. The monoisotopic (exact) mass is 968 g/mol. The Morgan fingerprint density at radius 1 is 0.507 bits per heavy atom. The average Bonchev–Trinajstić information content (AvgIpc) is 3.29. The minimum absolute atomic E-state index is 0.0763. The second-order valence-electron chi connectivity index (χ2n) is 21.4. The van der Waals surface area contributed by atoms with Crippen LogP contribution in [-0.4, -0.2) is 73.4 Å². The summed E-state index contributed by atoms with van der Waals surface area (Å²) in [5.41, 5.74) is 0. The molecule has 1 amide bonds. The van der Waals surface area contributed by atoms with E-state index >= 15 is 0 Å². The summed E-state index contributed by atoms with van der Waals surface area (Å²) in [6.45, 7) is 4.90. The number of carbonyl (C=O) groups excluding carboxylic acids is 1. The summed E-state index contributed by atoms with van der Waals surface area (Å²) in [6.07, 6.45) is 62.6. The van der Waals surface area contributed by atoms with Crippen molar-refractivity contribution in [3.05, 3.63) is 24.3 Å². The maximum absolute atomic E-state index is 12.9. The molecule has 0 heterocycles. The number of amides is 1. The van der Waals surface area contributed by atoms with Gasteiger partial charge in [0.25, 0.3) is 0 Å². The van der Waals surface area contributed by atoms with Crippen LogP contribution in [0.4, 0.5) is 0 Å². The van der Waals surface area contributed by atoms with Gasteiger partial charge in [0.1, 0.15) is 13.2 Å². The molecule has 8 nitrogen and oxygen atoms in total. The molecular weight excluding hydrogens is 852 g/mol. The van der Waals surface area contributed by atoms with Crippen molar-refractivity contribution >= 4 is 13.7 Å². The SMILES string of the molecule is CCCCCCCCCCCCC/C=C\C/C=C\CCCCCCCCCCCCCCCCCCCC(=O)NC(COP(=O)(O)OCC[N+](C)(C)C)C(O)CCCCCCCCCCCC. The molecular formula is C58H116N2O6P+. The lowest BCUT2D eigenvalue weighted by molar-refractivity contribution is -0.870. The van der Waals surface area contributed by atoms with Crippen LogP contribution >= 0.6 is 7.82 Å². The van der Waals surface area contributed by atoms with Crippen molar-refractivity contribution in [1.29, 1.82) is 0 Å². The van der Waals surface area contributed by atoms with Gasteiger partial charge >= 0.3 is 7.82 Å². The van der Waals surface area contributed by atoms with Crippen molar-refractivity contribution in [1.82, 2.24) is 5.32 Å². The molecule has 0 bridgehead atoms. The van der Waals surface area contributed by atoms with E-state index in [9.17, 15) is 19.4 Å². The molecule has 0 saturated heterocycles. The Labute approximate surface area is 417 Å². The molecule has 0 radical (unpaired) electrons.